The van der Waals surface area contributed by atoms with Gasteiger partial charge in [0.1, 0.15) is 36.2 Å². The molecule has 3 heterocycles. The van der Waals surface area contributed by atoms with Crippen LogP contribution < -0.4 is 19.5 Å². The summed E-state index contributed by atoms with van der Waals surface area (Å²) in [7, 11) is -19.6. The van der Waals surface area contributed by atoms with Crippen LogP contribution in [0.5, 0.6) is 5.75 Å². The molecule has 35 heteroatoms. The van der Waals surface area contributed by atoms with Crippen LogP contribution in [0, 0.1) is 24.5 Å². The summed E-state index contributed by atoms with van der Waals surface area (Å²) in [5.41, 5.74) is -8.26. The lowest BCUT2D eigenvalue weighted by Crippen LogP contribution is -2.40. The highest BCUT2D eigenvalue weighted by atomic mass is 35.5. The quantitative estimate of drug-likeness (QED) is 0.0352. The summed E-state index contributed by atoms with van der Waals surface area (Å²) in [6, 6.07) is 6.21. The summed E-state index contributed by atoms with van der Waals surface area (Å²) >= 11 is 6.78. The number of sulfone groups is 1. The molecular weight excluding hydrogens is 1270 g/mol. The molecule has 3 aromatic heterocycles. The molecule has 0 spiro atoms. The first-order valence-electron chi connectivity index (χ1n) is 25.3. The Morgan fingerprint density at radius 1 is 0.895 bits per heavy atom. The van der Waals surface area contributed by atoms with E-state index in [4.69, 9.17) is 21.1 Å². The zero-order valence-electron chi connectivity index (χ0n) is 45.9. The second-order valence-corrected chi connectivity index (χ2v) is 30.0. The maximum atomic E-state index is 15.7. The number of halogens is 11. The lowest BCUT2D eigenvalue weighted by Gasteiger charge is -2.31. The van der Waals surface area contributed by atoms with Crippen molar-refractivity contribution >= 4 is 80.7 Å². The number of nitrogens with zero attached hydrogens (tertiary/aromatic N) is 6. The third-order valence-electron chi connectivity index (χ3n) is 14.8. The number of rotatable bonds is 20. The highest BCUT2D eigenvalue weighted by Crippen LogP contribution is 2.68. The van der Waals surface area contributed by atoms with Gasteiger partial charge in [-0.15, -0.1) is 0 Å². The van der Waals surface area contributed by atoms with Crippen LogP contribution in [0.15, 0.2) is 54.6 Å². The first-order valence-corrected chi connectivity index (χ1v) is 32.6. The van der Waals surface area contributed by atoms with E-state index in [9.17, 15) is 90.3 Å². The number of alkyl halides is 8. The zero-order chi connectivity index (χ0) is 64.4. The lowest BCUT2D eigenvalue weighted by atomic mass is 9.78. The number of aryl methyl sites for hydroxylation is 2. The molecule has 6 aromatic rings. The van der Waals surface area contributed by atoms with Crippen LogP contribution in [-0.4, -0.2) is 96.2 Å². The fourth-order valence-corrected chi connectivity index (χ4v) is 13.4. The molecule has 5 N–H and O–H groups in total. The summed E-state index contributed by atoms with van der Waals surface area (Å²) in [6.07, 6.45) is -11.6. The third-order valence-corrected chi connectivity index (χ3v) is 19.7. The molecule has 0 radical (unpaired) electrons. The Bertz CT molecular complexity index is 4090. The van der Waals surface area contributed by atoms with Crippen molar-refractivity contribution < 1.29 is 104 Å². The monoisotopic (exact) mass is 1320 g/mol. The van der Waals surface area contributed by atoms with Gasteiger partial charge in [-0.1, -0.05) is 37.6 Å². The summed E-state index contributed by atoms with van der Waals surface area (Å²) < 4.78 is 231. The Morgan fingerprint density at radius 2 is 1.51 bits per heavy atom. The third kappa shape index (κ3) is 13.7. The van der Waals surface area contributed by atoms with Crippen LogP contribution in [0.1, 0.15) is 104 Å². The van der Waals surface area contributed by atoms with E-state index in [1.165, 1.54) is 46.8 Å². The van der Waals surface area contributed by atoms with Crippen molar-refractivity contribution in [2.75, 3.05) is 16.8 Å². The molecule has 3 atom stereocenters. The van der Waals surface area contributed by atoms with Gasteiger partial charge >= 0.3 is 27.8 Å². The van der Waals surface area contributed by atoms with Crippen molar-refractivity contribution in [2.24, 2.45) is 5.92 Å². The summed E-state index contributed by atoms with van der Waals surface area (Å²) in [5.74, 6) is -13.8. The normalized spacial score (nSPS) is 16.9. The highest BCUT2D eigenvalue weighted by Gasteiger charge is 2.68. The van der Waals surface area contributed by atoms with Crippen LogP contribution in [0.25, 0.3) is 22.0 Å². The molecule has 2 amide bonds. The first-order chi connectivity index (χ1) is 39.1. The van der Waals surface area contributed by atoms with Gasteiger partial charge in [0.25, 0.3) is 5.92 Å². The number of benzene rings is 3. The van der Waals surface area contributed by atoms with E-state index < -0.39 is 192 Å². The molecule has 3 aromatic carbocycles. The summed E-state index contributed by atoms with van der Waals surface area (Å²) in [6.45, 7) is 2.95. The average molecular weight is 1320 g/mol. The number of amides is 2. The Kier molecular flexibility index (Phi) is 17.1. The SMILES string of the molecule is Cc1cc(P(=O)(O)O)cc(OP(=O)(O)O)c1C(C)(C)CC(=O)N(c1nn(CC(F)(F)F)c2c(-c3ccc(CCC(C)(C)S(C)(=O)=O)nc3[C@H](Cc3cc(F)cc(F)c3)NC(=O)Cn3nc(C(F)(F)F)c4c3C(F)(F)C3C[C@H]43)ccc(Cl)c12)S(C)(=O)=O. The number of sulfonamides is 1. The van der Waals surface area contributed by atoms with Crippen molar-refractivity contribution in [3.8, 4) is 16.9 Å². The van der Waals surface area contributed by atoms with Crippen LogP contribution in [-0.2, 0) is 82.0 Å². The van der Waals surface area contributed by atoms with Crippen molar-refractivity contribution in [1.82, 2.24) is 29.9 Å². The minimum absolute atomic E-state index is 0.0177. The number of aromatic nitrogens is 5. The molecule has 1 fully saturated rings. The number of hydrogen-bond acceptors (Lipinski definition) is 12. The Morgan fingerprint density at radius 3 is 2.07 bits per heavy atom. The number of anilines is 1. The number of hydrogen-bond donors (Lipinski definition) is 5. The lowest BCUT2D eigenvalue weighted by molar-refractivity contribution is -0.143. The molecule has 1 saturated carbocycles. The van der Waals surface area contributed by atoms with Gasteiger partial charge in [0, 0.05) is 58.0 Å². The minimum Gasteiger partial charge on any atom is -0.404 e. The summed E-state index contributed by atoms with van der Waals surface area (Å²) in [4.78, 5) is 73.3. The van der Waals surface area contributed by atoms with Gasteiger partial charge in [-0.3, -0.25) is 38.3 Å². The fourth-order valence-electron chi connectivity index (χ4n) is 10.8. The van der Waals surface area contributed by atoms with E-state index in [2.05, 4.69) is 15.5 Å². The molecule has 8 rings (SSSR count). The Balaban J connectivity index is 1.34. The molecule has 0 bridgehead atoms. The number of phosphoric ester groups is 1. The number of phosphoric acid groups is 1. The van der Waals surface area contributed by atoms with E-state index in [1.807, 2.05) is 0 Å². The second kappa shape index (κ2) is 22.3. The van der Waals surface area contributed by atoms with E-state index in [0.717, 1.165) is 36.6 Å². The number of fused-ring (bicyclic) bond motifs is 4. The van der Waals surface area contributed by atoms with Gasteiger partial charge in [0.05, 0.1) is 44.0 Å². The van der Waals surface area contributed by atoms with Gasteiger partial charge in [0.2, 0.25) is 21.8 Å². The molecule has 468 valence electrons. The van der Waals surface area contributed by atoms with Crippen LogP contribution in [0.3, 0.4) is 0 Å². The van der Waals surface area contributed by atoms with Crippen molar-refractivity contribution in [3.63, 3.8) is 0 Å². The second-order valence-electron chi connectivity index (χ2n) is 22.4. The fraction of sp³-hybridized carbons (Fsp3) is 0.431. The van der Waals surface area contributed by atoms with Crippen molar-refractivity contribution in [3.05, 3.63) is 116 Å². The van der Waals surface area contributed by atoms with Crippen molar-refractivity contribution in [1.29, 1.82) is 0 Å². The highest BCUT2D eigenvalue weighted by molar-refractivity contribution is 7.93. The van der Waals surface area contributed by atoms with Crippen LogP contribution in [0.4, 0.5) is 49.7 Å². The molecule has 0 aliphatic heterocycles. The van der Waals surface area contributed by atoms with E-state index in [-0.39, 0.29) is 60.9 Å². The Hall–Kier alpha value is -5.98. The largest absolute Gasteiger partial charge is 0.524 e. The van der Waals surface area contributed by atoms with Gasteiger partial charge < -0.3 is 19.6 Å². The van der Waals surface area contributed by atoms with Crippen LogP contribution >= 0.6 is 27.0 Å². The maximum Gasteiger partial charge on any atom is 0.524 e. The predicted octanol–water partition coefficient (Wildman–Crippen LogP) is 9.12. The molecule has 20 nitrogen and oxygen atoms in total. The Labute approximate surface area is 488 Å². The predicted molar refractivity (Wildman–Crippen MR) is 290 cm³/mol. The van der Waals surface area contributed by atoms with E-state index in [0.29, 0.717) is 18.4 Å². The number of carbonyl (C=O) groups is 2. The molecule has 2 aliphatic rings. The average Bonchev–Trinajstić information content (AvgIpc) is 1.54. The standard InChI is InChI=1S/C51H52ClF10N7O13P2S2/c1-24-14-29(83(72,73)74)19-36(82-84(75,76)77)41(24)47(2,3)21-38(71)69(86(7,80)81)46-40-34(52)11-10-31(43(40)68(66-46)23-49(55,56)57)30-9-8-28(12-13-48(4,5)85(6,78)79)63-42(30)35(17-25-15-26(53)18-27(54)16-25)64-37(70)22-67-45-39(44(65-67)51(60,61)62)32-20-33(32)50(45,58)59/h8-11,14-16,18-19,32-33,35H,12-13,17,20-23H2,1-7H3,(H,64,70)(H2,72,73,74)(H2,75,76,77)/t32-,33?,35-/m0/s1. The van der Waals surface area contributed by atoms with Gasteiger partial charge in [-0.05, 0) is 99.9 Å². The molecule has 1 unspecified atom stereocenters. The number of carbonyl (C=O) groups excluding carboxylic acids is 2. The molecular formula is C51H52ClF10N7O13P2S2. The van der Waals surface area contributed by atoms with Crippen LogP contribution in [0.2, 0.25) is 5.02 Å². The zero-order valence-corrected chi connectivity index (χ0v) is 50.1. The van der Waals surface area contributed by atoms with Gasteiger partial charge in [-0.2, -0.15) is 49.6 Å². The van der Waals surface area contributed by atoms with Crippen molar-refractivity contribution in [2.45, 2.75) is 120 Å². The van der Waals surface area contributed by atoms with Gasteiger partial charge in [0.15, 0.2) is 21.3 Å². The maximum absolute atomic E-state index is 15.7. The van der Waals surface area contributed by atoms with E-state index in [1.54, 1.807) is 0 Å². The smallest absolute Gasteiger partial charge is 0.404 e. The van der Waals surface area contributed by atoms with Gasteiger partial charge in [-0.25, -0.2) is 30.2 Å². The summed E-state index contributed by atoms with van der Waals surface area (Å²) in [5, 5.41) is 7.75. The van der Waals surface area contributed by atoms with E-state index >= 15 is 8.78 Å². The first kappa shape index (κ1) is 66.0. The molecule has 86 heavy (non-hydrogen) atoms. The topological polar surface area (TPSA) is 291 Å². The minimum atomic E-state index is -5.57. The molecule has 0 saturated heterocycles. The molecule has 2 aliphatic carbocycles. The number of nitrogens with one attached hydrogen (secondary N) is 1. The number of pyridine rings is 1.